The summed E-state index contributed by atoms with van der Waals surface area (Å²) in [7, 11) is 0. The van der Waals surface area contributed by atoms with Gasteiger partial charge in [0.2, 0.25) is 0 Å². The van der Waals surface area contributed by atoms with Crippen LogP contribution in [0.1, 0.15) is 26.7 Å². The lowest BCUT2D eigenvalue weighted by atomic mass is 9.92. The quantitative estimate of drug-likeness (QED) is 0.642. The van der Waals surface area contributed by atoms with Gasteiger partial charge in [-0.25, -0.2) is 0 Å². The Bertz CT molecular complexity index is 149. The SMILES string of the molecule is CC1CCNC(C(C)OC=O)C1. The number of piperidine rings is 1. The standard InChI is InChI=1S/C9H17NO2/c1-7-3-4-10-9(5-7)8(2)12-6-11/h6-10H,3-5H2,1-2H3. The van der Waals surface area contributed by atoms with E-state index >= 15 is 0 Å². The van der Waals surface area contributed by atoms with Gasteiger partial charge in [0.15, 0.2) is 0 Å². The van der Waals surface area contributed by atoms with Crippen molar-refractivity contribution < 1.29 is 9.53 Å². The fraction of sp³-hybridized carbons (Fsp3) is 0.889. The molecule has 3 heteroatoms. The van der Waals surface area contributed by atoms with Crippen molar-refractivity contribution in [2.24, 2.45) is 5.92 Å². The highest BCUT2D eigenvalue weighted by molar-refractivity contribution is 5.37. The van der Waals surface area contributed by atoms with Crippen LogP contribution in [0, 0.1) is 5.92 Å². The molecule has 1 aliphatic heterocycles. The fourth-order valence-electron chi connectivity index (χ4n) is 1.69. The first-order valence-electron chi connectivity index (χ1n) is 4.56. The lowest BCUT2D eigenvalue weighted by Gasteiger charge is -2.31. The van der Waals surface area contributed by atoms with E-state index in [1.807, 2.05) is 6.92 Å². The van der Waals surface area contributed by atoms with Gasteiger partial charge < -0.3 is 10.1 Å². The predicted molar refractivity (Wildman–Crippen MR) is 46.8 cm³/mol. The largest absolute Gasteiger partial charge is 0.463 e. The maximum Gasteiger partial charge on any atom is 0.293 e. The lowest BCUT2D eigenvalue weighted by molar-refractivity contribution is -0.134. The van der Waals surface area contributed by atoms with Crippen molar-refractivity contribution >= 4 is 6.47 Å². The van der Waals surface area contributed by atoms with Gasteiger partial charge in [-0.15, -0.1) is 0 Å². The molecule has 1 N–H and O–H groups in total. The minimum Gasteiger partial charge on any atom is -0.463 e. The van der Waals surface area contributed by atoms with Gasteiger partial charge in [0.1, 0.15) is 6.10 Å². The van der Waals surface area contributed by atoms with Gasteiger partial charge in [-0.1, -0.05) is 6.92 Å². The molecule has 1 heterocycles. The average molecular weight is 171 g/mol. The molecule has 0 amide bonds. The molecule has 0 aromatic heterocycles. The fourth-order valence-corrected chi connectivity index (χ4v) is 1.69. The molecule has 3 atom stereocenters. The zero-order valence-electron chi connectivity index (χ0n) is 7.75. The Morgan fingerprint density at radius 3 is 3.00 bits per heavy atom. The molecule has 1 aliphatic rings. The van der Waals surface area contributed by atoms with Gasteiger partial charge >= 0.3 is 0 Å². The Hall–Kier alpha value is -0.570. The monoisotopic (exact) mass is 171 g/mol. The molecule has 0 aliphatic carbocycles. The Morgan fingerprint density at radius 1 is 1.67 bits per heavy atom. The Balaban J connectivity index is 2.34. The van der Waals surface area contributed by atoms with E-state index in [1.165, 1.54) is 6.42 Å². The van der Waals surface area contributed by atoms with E-state index in [-0.39, 0.29) is 6.10 Å². The molecule has 1 saturated heterocycles. The van der Waals surface area contributed by atoms with Crippen LogP contribution in [0.25, 0.3) is 0 Å². The van der Waals surface area contributed by atoms with Crippen molar-refractivity contribution in [2.75, 3.05) is 6.54 Å². The van der Waals surface area contributed by atoms with Crippen molar-refractivity contribution in [2.45, 2.75) is 38.8 Å². The highest BCUT2D eigenvalue weighted by atomic mass is 16.5. The van der Waals surface area contributed by atoms with Gasteiger partial charge in [-0.2, -0.15) is 0 Å². The predicted octanol–water partition coefficient (Wildman–Crippen LogP) is 0.936. The second-order valence-corrected chi connectivity index (χ2v) is 3.63. The van der Waals surface area contributed by atoms with Crippen LogP contribution in [0.5, 0.6) is 0 Å². The average Bonchev–Trinajstić information content (AvgIpc) is 2.05. The minimum absolute atomic E-state index is 0.00486. The van der Waals surface area contributed by atoms with E-state index in [4.69, 9.17) is 4.74 Å². The highest BCUT2D eigenvalue weighted by Gasteiger charge is 2.23. The van der Waals surface area contributed by atoms with Crippen LogP contribution in [-0.2, 0) is 9.53 Å². The summed E-state index contributed by atoms with van der Waals surface area (Å²) in [4.78, 5) is 10.1. The number of hydrogen-bond donors (Lipinski definition) is 1. The highest BCUT2D eigenvalue weighted by Crippen LogP contribution is 2.17. The first-order chi connectivity index (χ1) is 5.74. The van der Waals surface area contributed by atoms with E-state index in [1.54, 1.807) is 0 Å². The van der Waals surface area contributed by atoms with E-state index in [0.717, 1.165) is 18.9 Å². The van der Waals surface area contributed by atoms with E-state index < -0.39 is 0 Å². The molecule has 0 saturated carbocycles. The number of ether oxygens (including phenoxy) is 1. The van der Waals surface area contributed by atoms with Crippen LogP contribution in [0.2, 0.25) is 0 Å². The van der Waals surface area contributed by atoms with Gasteiger partial charge in [-0.05, 0) is 32.2 Å². The zero-order chi connectivity index (χ0) is 8.97. The summed E-state index contributed by atoms with van der Waals surface area (Å²) < 4.78 is 4.89. The van der Waals surface area contributed by atoms with Crippen LogP contribution in [0.15, 0.2) is 0 Å². The van der Waals surface area contributed by atoms with Crippen molar-refractivity contribution in [3.63, 3.8) is 0 Å². The van der Waals surface area contributed by atoms with Crippen molar-refractivity contribution in [3.05, 3.63) is 0 Å². The molecule has 3 nitrogen and oxygen atoms in total. The van der Waals surface area contributed by atoms with Crippen LogP contribution in [0.3, 0.4) is 0 Å². The molecular weight excluding hydrogens is 154 g/mol. The first-order valence-corrected chi connectivity index (χ1v) is 4.56. The number of carbonyl (C=O) groups excluding carboxylic acids is 1. The van der Waals surface area contributed by atoms with Crippen LogP contribution in [0.4, 0.5) is 0 Å². The summed E-state index contributed by atoms with van der Waals surface area (Å²) in [5, 5.41) is 3.35. The smallest absolute Gasteiger partial charge is 0.293 e. The summed E-state index contributed by atoms with van der Waals surface area (Å²) in [5.74, 6) is 0.744. The molecule has 1 rings (SSSR count). The zero-order valence-corrected chi connectivity index (χ0v) is 7.75. The lowest BCUT2D eigenvalue weighted by Crippen LogP contribution is -2.45. The molecule has 70 valence electrons. The summed E-state index contributed by atoms with van der Waals surface area (Å²) in [5.41, 5.74) is 0. The second-order valence-electron chi connectivity index (χ2n) is 3.63. The normalized spacial score (nSPS) is 32.5. The molecule has 0 aromatic rings. The topological polar surface area (TPSA) is 38.3 Å². The maximum absolute atomic E-state index is 10.1. The molecule has 0 spiro atoms. The number of nitrogens with one attached hydrogen (secondary N) is 1. The van der Waals surface area contributed by atoms with E-state index in [0.29, 0.717) is 12.5 Å². The number of hydrogen-bond acceptors (Lipinski definition) is 3. The molecule has 12 heavy (non-hydrogen) atoms. The Labute approximate surface area is 73.5 Å². The summed E-state index contributed by atoms with van der Waals surface area (Å²) in [6.07, 6.45) is 2.34. The molecule has 0 radical (unpaired) electrons. The maximum atomic E-state index is 10.1. The van der Waals surface area contributed by atoms with Gasteiger partial charge in [0, 0.05) is 6.04 Å². The summed E-state index contributed by atoms with van der Waals surface area (Å²) in [6, 6.07) is 0.346. The second kappa shape index (κ2) is 4.45. The molecule has 1 fully saturated rings. The Kier molecular flexibility index (Phi) is 3.53. The van der Waals surface area contributed by atoms with E-state index in [2.05, 4.69) is 12.2 Å². The van der Waals surface area contributed by atoms with Gasteiger partial charge in [0.05, 0.1) is 0 Å². The minimum atomic E-state index is 0.00486. The number of rotatable bonds is 3. The third-order valence-corrected chi connectivity index (χ3v) is 2.54. The van der Waals surface area contributed by atoms with Crippen LogP contribution < -0.4 is 5.32 Å². The van der Waals surface area contributed by atoms with Crippen LogP contribution >= 0.6 is 0 Å². The third-order valence-electron chi connectivity index (χ3n) is 2.54. The van der Waals surface area contributed by atoms with E-state index in [9.17, 15) is 4.79 Å². The summed E-state index contributed by atoms with van der Waals surface area (Å²) >= 11 is 0. The molecular formula is C9H17NO2. The third kappa shape index (κ3) is 2.48. The number of carbonyl (C=O) groups is 1. The summed E-state index contributed by atoms with van der Waals surface area (Å²) in [6.45, 7) is 5.75. The van der Waals surface area contributed by atoms with Crippen molar-refractivity contribution in [1.29, 1.82) is 0 Å². The Morgan fingerprint density at radius 2 is 2.42 bits per heavy atom. The van der Waals surface area contributed by atoms with Crippen molar-refractivity contribution in [1.82, 2.24) is 5.32 Å². The molecule has 3 unspecified atom stereocenters. The molecule has 0 aromatic carbocycles. The van der Waals surface area contributed by atoms with Crippen LogP contribution in [-0.4, -0.2) is 25.2 Å². The van der Waals surface area contributed by atoms with Crippen molar-refractivity contribution in [3.8, 4) is 0 Å². The van der Waals surface area contributed by atoms with Gasteiger partial charge in [-0.3, -0.25) is 4.79 Å². The van der Waals surface area contributed by atoms with Gasteiger partial charge in [0.25, 0.3) is 6.47 Å². The first kappa shape index (κ1) is 9.52. The molecule has 0 bridgehead atoms.